The van der Waals surface area contributed by atoms with Crippen LogP contribution in [0.5, 0.6) is 5.75 Å². The second-order valence-corrected chi connectivity index (χ2v) is 5.21. The van der Waals surface area contributed by atoms with Crippen LogP contribution >= 0.6 is 11.6 Å². The number of halogens is 1. The lowest BCUT2D eigenvalue weighted by molar-refractivity contribution is 0.282. The van der Waals surface area contributed by atoms with Crippen LogP contribution in [0.3, 0.4) is 0 Å². The van der Waals surface area contributed by atoms with E-state index in [1.807, 2.05) is 42.5 Å². The summed E-state index contributed by atoms with van der Waals surface area (Å²) in [6.07, 6.45) is 0. The molecule has 1 N–H and O–H groups in total. The fraction of sp³-hybridized carbons (Fsp3) is 0.111. The lowest BCUT2D eigenvalue weighted by Gasteiger charge is -2.16. The minimum absolute atomic E-state index is 0.0319. The van der Waals surface area contributed by atoms with Crippen molar-refractivity contribution in [3.05, 3.63) is 65.2 Å². The van der Waals surface area contributed by atoms with E-state index in [-0.39, 0.29) is 6.61 Å². The summed E-state index contributed by atoms with van der Waals surface area (Å²) in [5.41, 5.74) is 2.72. The van der Waals surface area contributed by atoms with Gasteiger partial charge in [-0.15, -0.1) is 0 Å². The van der Waals surface area contributed by atoms with E-state index in [1.54, 1.807) is 13.2 Å². The number of aliphatic hydroxyl groups excluding tert-OH is 1. The highest BCUT2D eigenvalue weighted by atomic mass is 35.5. The molecular weight excluding hydrogens is 284 g/mol. The highest BCUT2D eigenvalue weighted by Crippen LogP contribution is 2.41. The van der Waals surface area contributed by atoms with Crippen molar-refractivity contribution >= 4 is 22.4 Å². The number of fused-ring (bicyclic) bond motifs is 1. The molecular formula is C18H15ClO2. The first-order valence-corrected chi connectivity index (χ1v) is 7.08. The highest BCUT2D eigenvalue weighted by Gasteiger charge is 2.15. The number of aliphatic hydroxyl groups is 1. The smallest absolute Gasteiger partial charge is 0.145 e. The predicted molar refractivity (Wildman–Crippen MR) is 86.9 cm³/mol. The molecule has 0 bridgehead atoms. The summed E-state index contributed by atoms with van der Waals surface area (Å²) >= 11 is 6.24. The number of hydrogen-bond donors (Lipinski definition) is 1. The van der Waals surface area contributed by atoms with Crippen LogP contribution in [-0.4, -0.2) is 12.2 Å². The van der Waals surface area contributed by atoms with Crippen molar-refractivity contribution in [1.82, 2.24) is 0 Å². The molecule has 3 heteroatoms. The zero-order valence-electron chi connectivity index (χ0n) is 11.6. The van der Waals surface area contributed by atoms with Crippen LogP contribution in [0, 0.1) is 0 Å². The molecule has 3 aromatic carbocycles. The molecule has 0 aliphatic heterocycles. The monoisotopic (exact) mass is 298 g/mol. The molecule has 0 amide bonds. The molecule has 2 nitrogen and oxygen atoms in total. The van der Waals surface area contributed by atoms with Gasteiger partial charge in [-0.1, -0.05) is 60.1 Å². The zero-order valence-corrected chi connectivity index (χ0v) is 12.4. The molecule has 0 atom stereocenters. The highest BCUT2D eigenvalue weighted by molar-refractivity contribution is 6.32. The topological polar surface area (TPSA) is 29.5 Å². The Balaban J connectivity index is 2.41. The van der Waals surface area contributed by atoms with Gasteiger partial charge in [0.15, 0.2) is 0 Å². The summed E-state index contributed by atoms with van der Waals surface area (Å²) in [6, 6.07) is 17.7. The molecule has 3 aromatic rings. The molecule has 3 rings (SSSR count). The van der Waals surface area contributed by atoms with Crippen LogP contribution in [-0.2, 0) is 6.61 Å². The van der Waals surface area contributed by atoms with Gasteiger partial charge in [0.05, 0.1) is 18.7 Å². The van der Waals surface area contributed by atoms with Crippen molar-refractivity contribution in [1.29, 1.82) is 0 Å². The molecule has 0 radical (unpaired) electrons. The SMILES string of the molecule is COc1c(Cl)cccc1-c1c(CO)ccc2ccccc12. The van der Waals surface area contributed by atoms with E-state index in [0.29, 0.717) is 10.8 Å². The number of para-hydroxylation sites is 1. The maximum absolute atomic E-state index is 9.70. The molecule has 21 heavy (non-hydrogen) atoms. The fourth-order valence-corrected chi connectivity index (χ4v) is 2.93. The Bertz CT molecular complexity index is 796. The first kappa shape index (κ1) is 13.9. The lowest BCUT2D eigenvalue weighted by atomic mass is 9.93. The minimum Gasteiger partial charge on any atom is -0.495 e. The van der Waals surface area contributed by atoms with Crippen LogP contribution in [0.1, 0.15) is 5.56 Å². The number of ether oxygens (including phenoxy) is 1. The molecule has 0 saturated carbocycles. The third-order valence-corrected chi connectivity index (χ3v) is 3.92. The number of hydrogen-bond acceptors (Lipinski definition) is 2. The van der Waals surface area contributed by atoms with Gasteiger partial charge in [-0.25, -0.2) is 0 Å². The van der Waals surface area contributed by atoms with Crippen molar-refractivity contribution in [3.8, 4) is 16.9 Å². The van der Waals surface area contributed by atoms with Gasteiger partial charge in [-0.2, -0.15) is 0 Å². The van der Waals surface area contributed by atoms with E-state index >= 15 is 0 Å². The van der Waals surface area contributed by atoms with Gasteiger partial charge >= 0.3 is 0 Å². The number of benzene rings is 3. The molecule has 0 heterocycles. The molecule has 106 valence electrons. The van der Waals surface area contributed by atoms with Crippen molar-refractivity contribution < 1.29 is 9.84 Å². The Labute approximate surface area is 128 Å². The maximum Gasteiger partial charge on any atom is 0.145 e. The first-order valence-electron chi connectivity index (χ1n) is 6.70. The van der Waals surface area contributed by atoms with Gasteiger partial charge in [0.1, 0.15) is 5.75 Å². The van der Waals surface area contributed by atoms with E-state index < -0.39 is 0 Å². The predicted octanol–water partition coefficient (Wildman–Crippen LogP) is 4.66. The van der Waals surface area contributed by atoms with Crippen LogP contribution in [0.15, 0.2) is 54.6 Å². The number of methoxy groups -OCH3 is 1. The van der Waals surface area contributed by atoms with E-state index in [4.69, 9.17) is 16.3 Å². The largest absolute Gasteiger partial charge is 0.495 e. The third kappa shape index (κ3) is 2.37. The minimum atomic E-state index is -0.0319. The molecule has 0 aliphatic carbocycles. The summed E-state index contributed by atoms with van der Waals surface area (Å²) in [5.74, 6) is 0.630. The van der Waals surface area contributed by atoms with Crippen molar-refractivity contribution in [3.63, 3.8) is 0 Å². The maximum atomic E-state index is 9.70. The summed E-state index contributed by atoms with van der Waals surface area (Å²) in [7, 11) is 1.61. The summed E-state index contributed by atoms with van der Waals surface area (Å²) in [4.78, 5) is 0. The summed E-state index contributed by atoms with van der Waals surface area (Å²) < 4.78 is 5.47. The van der Waals surface area contributed by atoms with Gasteiger partial charge in [0.2, 0.25) is 0 Å². The molecule has 0 unspecified atom stereocenters. The fourth-order valence-electron chi connectivity index (χ4n) is 2.68. The van der Waals surface area contributed by atoms with Gasteiger partial charge in [-0.3, -0.25) is 0 Å². The Kier molecular flexibility index (Phi) is 3.82. The normalized spacial score (nSPS) is 10.8. The van der Waals surface area contributed by atoms with Gasteiger partial charge in [0.25, 0.3) is 0 Å². The van der Waals surface area contributed by atoms with Crippen molar-refractivity contribution in [2.24, 2.45) is 0 Å². The average Bonchev–Trinajstić information content (AvgIpc) is 2.53. The Morgan fingerprint density at radius 3 is 2.57 bits per heavy atom. The third-order valence-electron chi connectivity index (χ3n) is 3.63. The van der Waals surface area contributed by atoms with Crippen molar-refractivity contribution in [2.45, 2.75) is 6.61 Å². The van der Waals surface area contributed by atoms with Crippen LogP contribution < -0.4 is 4.74 Å². The molecule has 0 spiro atoms. The second-order valence-electron chi connectivity index (χ2n) is 4.80. The molecule has 0 fully saturated rings. The molecule has 0 saturated heterocycles. The summed E-state index contributed by atoms with van der Waals surface area (Å²) in [6.45, 7) is -0.0319. The molecule has 0 aromatic heterocycles. The van der Waals surface area contributed by atoms with Crippen LogP contribution in [0.2, 0.25) is 5.02 Å². The Hall–Kier alpha value is -2.03. The van der Waals surface area contributed by atoms with Crippen LogP contribution in [0.4, 0.5) is 0 Å². The standard InChI is InChI=1S/C18H15ClO2/c1-21-18-15(7-4-8-16(18)19)17-13(11-20)10-9-12-5-2-3-6-14(12)17/h2-10,20H,11H2,1H3. The quantitative estimate of drug-likeness (QED) is 0.762. The number of rotatable bonds is 3. The van der Waals surface area contributed by atoms with E-state index in [9.17, 15) is 5.11 Å². The molecule has 0 aliphatic rings. The lowest BCUT2D eigenvalue weighted by Crippen LogP contribution is -1.95. The Morgan fingerprint density at radius 1 is 1.00 bits per heavy atom. The van der Waals surface area contributed by atoms with Crippen molar-refractivity contribution in [2.75, 3.05) is 7.11 Å². The van der Waals surface area contributed by atoms with Gasteiger partial charge < -0.3 is 9.84 Å². The Morgan fingerprint density at radius 2 is 1.81 bits per heavy atom. The zero-order chi connectivity index (χ0) is 14.8. The summed E-state index contributed by atoms with van der Waals surface area (Å²) in [5, 5.41) is 12.5. The van der Waals surface area contributed by atoms with E-state index in [1.165, 1.54) is 0 Å². The van der Waals surface area contributed by atoms with Gasteiger partial charge in [-0.05, 0) is 28.0 Å². The van der Waals surface area contributed by atoms with Gasteiger partial charge in [0, 0.05) is 5.56 Å². The average molecular weight is 299 g/mol. The van der Waals surface area contributed by atoms with E-state index in [2.05, 4.69) is 6.07 Å². The van der Waals surface area contributed by atoms with Crippen LogP contribution in [0.25, 0.3) is 21.9 Å². The second kappa shape index (κ2) is 5.76. The van der Waals surface area contributed by atoms with E-state index in [0.717, 1.165) is 27.5 Å². The first-order chi connectivity index (χ1) is 10.3.